The second kappa shape index (κ2) is 7.32. The van der Waals surface area contributed by atoms with E-state index in [1.54, 1.807) is 30.2 Å². The van der Waals surface area contributed by atoms with E-state index in [9.17, 15) is 13.2 Å². The van der Waals surface area contributed by atoms with Gasteiger partial charge in [0.15, 0.2) is 0 Å². The van der Waals surface area contributed by atoms with Crippen LogP contribution in [0.5, 0.6) is 0 Å². The number of sulfonamides is 1. The first kappa shape index (κ1) is 18.8. The van der Waals surface area contributed by atoms with E-state index in [1.807, 2.05) is 13.8 Å². The van der Waals surface area contributed by atoms with Crippen molar-refractivity contribution in [3.63, 3.8) is 0 Å². The van der Waals surface area contributed by atoms with Gasteiger partial charge in [0, 0.05) is 45.1 Å². The predicted molar refractivity (Wildman–Crippen MR) is 97.3 cm³/mol. The van der Waals surface area contributed by atoms with Crippen molar-refractivity contribution in [3.8, 4) is 0 Å². The third-order valence-electron chi connectivity index (χ3n) is 4.87. The van der Waals surface area contributed by atoms with Gasteiger partial charge in [-0.25, -0.2) is 18.4 Å². The average Bonchev–Trinajstić information content (AvgIpc) is 3.04. The maximum atomic E-state index is 12.7. The zero-order valence-corrected chi connectivity index (χ0v) is 16.2. The normalized spacial score (nSPS) is 17.1. The Morgan fingerprint density at radius 3 is 2.46 bits per heavy atom. The summed E-state index contributed by atoms with van der Waals surface area (Å²) >= 11 is 0. The van der Waals surface area contributed by atoms with Crippen molar-refractivity contribution >= 4 is 10.0 Å². The Kier molecular flexibility index (Phi) is 5.29. The topological polar surface area (TPSA) is 90.1 Å². The maximum Gasteiger partial charge on any atom is 0.276 e. The highest BCUT2D eigenvalue weighted by Crippen LogP contribution is 2.23. The number of hydrogen-bond acceptors (Lipinski definition) is 5. The van der Waals surface area contributed by atoms with Gasteiger partial charge in [0.05, 0.1) is 12.0 Å². The molecule has 26 heavy (non-hydrogen) atoms. The second-order valence-corrected chi connectivity index (χ2v) is 8.96. The SMILES string of the molecule is CC(C)c1cc(=O)n(CC2CCN(S(=O)(=O)c3nccn3C)CC2)cn1. The molecule has 3 heterocycles. The van der Waals surface area contributed by atoms with Crippen molar-refractivity contribution < 1.29 is 8.42 Å². The Morgan fingerprint density at radius 1 is 1.23 bits per heavy atom. The van der Waals surface area contributed by atoms with Crippen LogP contribution in [0.2, 0.25) is 0 Å². The van der Waals surface area contributed by atoms with Gasteiger partial charge >= 0.3 is 0 Å². The van der Waals surface area contributed by atoms with E-state index in [1.165, 1.54) is 15.1 Å². The molecule has 0 N–H and O–H groups in total. The Hall–Kier alpha value is -2.00. The van der Waals surface area contributed by atoms with E-state index >= 15 is 0 Å². The van der Waals surface area contributed by atoms with Crippen LogP contribution in [0.25, 0.3) is 0 Å². The Balaban J connectivity index is 1.64. The van der Waals surface area contributed by atoms with Gasteiger partial charge in [-0.2, -0.15) is 4.31 Å². The first-order valence-electron chi connectivity index (χ1n) is 8.83. The minimum Gasteiger partial charge on any atom is -0.324 e. The van der Waals surface area contributed by atoms with Gasteiger partial charge in [0.2, 0.25) is 5.16 Å². The summed E-state index contributed by atoms with van der Waals surface area (Å²) in [5, 5.41) is 0.0700. The largest absolute Gasteiger partial charge is 0.324 e. The minimum absolute atomic E-state index is 0.0493. The molecule has 1 aliphatic heterocycles. The van der Waals surface area contributed by atoms with Crippen LogP contribution in [-0.4, -0.2) is 44.9 Å². The molecule has 2 aromatic rings. The van der Waals surface area contributed by atoms with Crippen molar-refractivity contribution in [1.29, 1.82) is 0 Å². The molecule has 1 saturated heterocycles. The molecular formula is C17H25N5O3S. The zero-order chi connectivity index (χ0) is 18.9. The summed E-state index contributed by atoms with van der Waals surface area (Å²) in [6.07, 6.45) is 6.14. The van der Waals surface area contributed by atoms with Crippen molar-refractivity contribution in [3.05, 3.63) is 40.8 Å². The van der Waals surface area contributed by atoms with Gasteiger partial charge in [-0.15, -0.1) is 0 Å². The number of nitrogens with zero attached hydrogens (tertiary/aromatic N) is 5. The molecule has 8 nitrogen and oxygen atoms in total. The van der Waals surface area contributed by atoms with E-state index in [4.69, 9.17) is 0 Å². The molecule has 0 amide bonds. The zero-order valence-electron chi connectivity index (χ0n) is 15.4. The molecule has 0 atom stereocenters. The van der Waals surface area contributed by atoms with Crippen LogP contribution in [0.3, 0.4) is 0 Å². The van der Waals surface area contributed by atoms with Crippen molar-refractivity contribution in [2.45, 2.75) is 44.3 Å². The summed E-state index contributed by atoms with van der Waals surface area (Å²) < 4.78 is 30.0. The highest BCUT2D eigenvalue weighted by molar-refractivity contribution is 7.89. The average molecular weight is 379 g/mol. The summed E-state index contributed by atoms with van der Waals surface area (Å²) in [6, 6.07) is 1.59. The van der Waals surface area contributed by atoms with E-state index in [0.717, 1.165) is 5.69 Å². The molecule has 0 spiro atoms. The van der Waals surface area contributed by atoms with Gasteiger partial charge in [-0.1, -0.05) is 13.8 Å². The van der Waals surface area contributed by atoms with Crippen LogP contribution in [0, 0.1) is 5.92 Å². The monoisotopic (exact) mass is 379 g/mol. The summed E-state index contributed by atoms with van der Waals surface area (Å²) in [6.45, 7) is 5.45. The van der Waals surface area contributed by atoms with E-state index < -0.39 is 10.0 Å². The number of hydrogen-bond donors (Lipinski definition) is 0. The van der Waals surface area contributed by atoms with E-state index in [0.29, 0.717) is 32.5 Å². The summed E-state index contributed by atoms with van der Waals surface area (Å²) in [5.41, 5.74) is 0.744. The first-order valence-corrected chi connectivity index (χ1v) is 10.3. The van der Waals surface area contributed by atoms with Crippen molar-refractivity contribution in [2.75, 3.05) is 13.1 Å². The van der Waals surface area contributed by atoms with Crippen LogP contribution in [-0.2, 0) is 23.6 Å². The number of imidazole rings is 1. The molecule has 9 heteroatoms. The number of piperidine rings is 1. The van der Waals surface area contributed by atoms with Crippen molar-refractivity contribution in [2.24, 2.45) is 13.0 Å². The number of rotatable bonds is 5. The number of aryl methyl sites for hydroxylation is 1. The quantitative estimate of drug-likeness (QED) is 0.779. The molecular weight excluding hydrogens is 354 g/mol. The van der Waals surface area contributed by atoms with Crippen LogP contribution in [0.4, 0.5) is 0 Å². The van der Waals surface area contributed by atoms with Crippen molar-refractivity contribution in [1.82, 2.24) is 23.4 Å². The molecule has 0 aliphatic carbocycles. The highest BCUT2D eigenvalue weighted by Gasteiger charge is 2.32. The third kappa shape index (κ3) is 3.73. The lowest BCUT2D eigenvalue weighted by Crippen LogP contribution is -2.40. The molecule has 0 unspecified atom stereocenters. The third-order valence-corrected chi connectivity index (χ3v) is 6.77. The maximum absolute atomic E-state index is 12.7. The Labute approximate surface area is 153 Å². The molecule has 1 fully saturated rings. The predicted octanol–water partition coefficient (Wildman–Crippen LogP) is 1.20. The lowest BCUT2D eigenvalue weighted by Gasteiger charge is -2.31. The summed E-state index contributed by atoms with van der Waals surface area (Å²) in [4.78, 5) is 20.6. The van der Waals surface area contributed by atoms with Crippen LogP contribution in [0.15, 0.2) is 34.7 Å². The smallest absolute Gasteiger partial charge is 0.276 e. The standard InChI is InChI=1S/C17H25N5O3S/c1-13(2)15-10-16(23)21(12-19-15)11-14-4-7-22(8-5-14)26(24,25)17-18-6-9-20(17)3/h6,9-10,12-14H,4-5,7-8,11H2,1-3H3. The van der Waals surface area contributed by atoms with Gasteiger partial charge in [0.1, 0.15) is 0 Å². The van der Waals surface area contributed by atoms with Gasteiger partial charge in [0.25, 0.3) is 15.6 Å². The fraction of sp³-hybridized carbons (Fsp3) is 0.588. The molecule has 0 radical (unpaired) electrons. The first-order chi connectivity index (χ1) is 12.3. The summed E-state index contributed by atoms with van der Waals surface area (Å²) in [7, 11) is -1.89. The van der Waals surface area contributed by atoms with Gasteiger partial charge in [-0.3, -0.25) is 9.36 Å². The van der Waals surface area contributed by atoms with Crippen LogP contribution in [0.1, 0.15) is 38.3 Å². The lowest BCUT2D eigenvalue weighted by atomic mass is 9.98. The van der Waals surface area contributed by atoms with Gasteiger partial charge < -0.3 is 4.57 Å². The highest BCUT2D eigenvalue weighted by atomic mass is 32.2. The second-order valence-electron chi connectivity index (χ2n) is 7.13. The fourth-order valence-electron chi connectivity index (χ4n) is 3.22. The Bertz CT molecular complexity index is 924. The Morgan fingerprint density at radius 2 is 1.92 bits per heavy atom. The molecule has 0 aromatic carbocycles. The minimum atomic E-state index is -3.56. The van der Waals surface area contributed by atoms with Gasteiger partial charge in [-0.05, 0) is 24.7 Å². The van der Waals surface area contributed by atoms with Crippen LogP contribution < -0.4 is 5.56 Å². The fourth-order valence-corrected chi connectivity index (χ4v) is 4.76. The summed E-state index contributed by atoms with van der Waals surface area (Å²) in [5.74, 6) is 0.476. The number of aromatic nitrogens is 4. The molecule has 3 rings (SSSR count). The molecule has 2 aromatic heterocycles. The van der Waals surface area contributed by atoms with Crippen LogP contribution >= 0.6 is 0 Å². The lowest BCUT2D eigenvalue weighted by molar-refractivity contribution is 0.249. The van der Waals surface area contributed by atoms with E-state index in [-0.39, 0.29) is 22.6 Å². The molecule has 0 bridgehead atoms. The molecule has 142 valence electrons. The van der Waals surface area contributed by atoms with E-state index in [2.05, 4.69) is 9.97 Å². The molecule has 0 saturated carbocycles. The molecule has 1 aliphatic rings.